The number of hydrogen-bond donors (Lipinski definition) is 4. The van der Waals surface area contributed by atoms with Crippen LogP contribution in [0, 0.1) is 32.6 Å². The summed E-state index contributed by atoms with van der Waals surface area (Å²) >= 11 is 0. The fraction of sp³-hybridized carbons (Fsp3) is 0.429. The van der Waals surface area contributed by atoms with Crippen molar-refractivity contribution in [3.05, 3.63) is 123 Å². The molecule has 2 unspecified atom stereocenters. The molecule has 4 aromatic rings. The molecule has 4 N–H and O–H groups in total. The van der Waals surface area contributed by atoms with E-state index in [2.05, 4.69) is 10.6 Å². The van der Waals surface area contributed by atoms with Crippen LogP contribution in [0.2, 0.25) is 0 Å². The number of rotatable bonds is 13. The molecule has 358 valence electrons. The minimum absolute atomic E-state index is 0. The Morgan fingerprint density at radius 3 is 1.38 bits per heavy atom. The molecule has 8 rings (SSSR count). The van der Waals surface area contributed by atoms with E-state index in [-0.39, 0.29) is 60.9 Å². The van der Waals surface area contributed by atoms with Crippen LogP contribution in [0.5, 0.6) is 5.75 Å². The van der Waals surface area contributed by atoms with E-state index in [9.17, 15) is 36.0 Å². The lowest BCUT2D eigenvalue weighted by Gasteiger charge is -2.28. The first-order valence-electron chi connectivity index (χ1n) is 21.3. The molecule has 2 aliphatic carbocycles. The van der Waals surface area contributed by atoms with E-state index in [0.717, 1.165) is 78.8 Å². The smallest absolute Gasteiger partial charge is 0.257 e. The molecule has 66 heavy (non-hydrogen) atoms. The number of anilines is 2. The van der Waals surface area contributed by atoms with Gasteiger partial charge >= 0.3 is 0 Å². The molecule has 4 aromatic carbocycles. The average Bonchev–Trinajstić information content (AvgIpc) is 4.21. The first kappa shape index (κ1) is 53.0. The molecule has 2 atom stereocenters. The van der Waals surface area contributed by atoms with Gasteiger partial charge in [-0.05, 0) is 104 Å². The summed E-state index contributed by atoms with van der Waals surface area (Å²) in [7, 11) is -3.14. The number of ether oxygens (including phenoxy) is 1. The van der Waals surface area contributed by atoms with Crippen molar-refractivity contribution in [1.29, 1.82) is 0 Å². The van der Waals surface area contributed by atoms with E-state index >= 15 is 0 Å². The summed E-state index contributed by atoms with van der Waals surface area (Å²) in [6.45, 7) is 6.45. The quantitative estimate of drug-likeness (QED) is 0.116. The van der Waals surface area contributed by atoms with Gasteiger partial charge in [-0.25, -0.2) is 16.8 Å². The SMILES string of the molecule is C.CO.CO.COc1ccc(C(CS(C)(=O)=O)N2Cc3cccc(NC(=O)C4CC4)c3C2=O)cc1C.Cc1ccc(C(CS(C)(=O)=O)N2Cc3cccc(NC(=O)C4CC4)c3C2=O)cc1C. The van der Waals surface area contributed by atoms with Gasteiger partial charge in [0.05, 0.1) is 53.2 Å². The van der Waals surface area contributed by atoms with Crippen LogP contribution in [0.15, 0.2) is 72.8 Å². The Hall–Kier alpha value is -5.62. The molecule has 0 spiro atoms. The third-order valence-corrected chi connectivity index (χ3v) is 13.6. The van der Waals surface area contributed by atoms with Crippen molar-refractivity contribution in [2.75, 3.05) is 56.0 Å². The van der Waals surface area contributed by atoms with Gasteiger partial charge in [0.25, 0.3) is 11.8 Å². The predicted octanol–water partition coefficient (Wildman–Crippen LogP) is 6.34. The van der Waals surface area contributed by atoms with Crippen LogP contribution in [0.3, 0.4) is 0 Å². The van der Waals surface area contributed by atoms with Gasteiger partial charge in [-0.3, -0.25) is 19.2 Å². The number of aryl methyl sites for hydroxylation is 3. The number of hydrogen-bond acceptors (Lipinski definition) is 11. The molecule has 15 nitrogen and oxygen atoms in total. The summed E-state index contributed by atoms with van der Waals surface area (Å²) in [6.07, 6.45) is 5.86. The number of sulfone groups is 2. The number of methoxy groups -OCH3 is 1. The number of benzene rings is 4. The zero-order valence-corrected chi connectivity index (χ0v) is 39.8. The van der Waals surface area contributed by atoms with E-state index < -0.39 is 31.8 Å². The Balaban J connectivity index is 0.000000265. The third-order valence-electron chi connectivity index (χ3n) is 11.7. The largest absolute Gasteiger partial charge is 0.496 e. The van der Waals surface area contributed by atoms with Crippen molar-refractivity contribution in [3.63, 3.8) is 0 Å². The number of aliphatic hydroxyl groups excluding tert-OH is 2. The van der Waals surface area contributed by atoms with Crippen LogP contribution in [-0.2, 0) is 42.4 Å². The van der Waals surface area contributed by atoms with Gasteiger partial charge in [0.15, 0.2) is 0 Å². The number of nitrogens with one attached hydrogen (secondary N) is 2. The van der Waals surface area contributed by atoms with Gasteiger partial charge in [-0.1, -0.05) is 62.0 Å². The van der Waals surface area contributed by atoms with Gasteiger partial charge in [0.1, 0.15) is 25.4 Å². The van der Waals surface area contributed by atoms with E-state index in [1.54, 1.807) is 47.2 Å². The van der Waals surface area contributed by atoms with Gasteiger partial charge in [-0.15, -0.1) is 0 Å². The fourth-order valence-electron chi connectivity index (χ4n) is 8.03. The number of aliphatic hydroxyl groups is 2. The highest BCUT2D eigenvalue weighted by Crippen LogP contribution is 2.40. The lowest BCUT2D eigenvalue weighted by atomic mass is 10.0. The molecular weight excluding hydrogens is 885 g/mol. The van der Waals surface area contributed by atoms with Crippen molar-refractivity contribution < 1.29 is 51.0 Å². The molecule has 4 aliphatic rings. The van der Waals surface area contributed by atoms with E-state index in [1.165, 1.54) is 12.5 Å². The summed E-state index contributed by atoms with van der Waals surface area (Å²) in [6, 6.07) is 20.8. The molecular formula is C49H64N4O11S2. The maximum absolute atomic E-state index is 13.4. The van der Waals surface area contributed by atoms with Crippen LogP contribution in [-0.4, -0.2) is 106 Å². The Bertz CT molecular complexity index is 2660. The molecule has 2 aliphatic heterocycles. The second-order valence-electron chi connectivity index (χ2n) is 16.9. The second-order valence-corrected chi connectivity index (χ2v) is 21.2. The second kappa shape index (κ2) is 22.2. The number of carbonyl (C=O) groups is 4. The highest BCUT2D eigenvalue weighted by Gasteiger charge is 2.40. The first-order valence-corrected chi connectivity index (χ1v) is 25.4. The van der Waals surface area contributed by atoms with E-state index in [1.807, 2.05) is 63.2 Å². The van der Waals surface area contributed by atoms with Crippen LogP contribution in [0.25, 0.3) is 0 Å². The highest BCUT2D eigenvalue weighted by atomic mass is 32.2. The predicted molar refractivity (Wildman–Crippen MR) is 257 cm³/mol. The summed E-state index contributed by atoms with van der Waals surface area (Å²) in [5.74, 6) is -0.253. The molecule has 0 aromatic heterocycles. The number of fused-ring (bicyclic) bond motifs is 2. The summed E-state index contributed by atoms with van der Waals surface area (Å²) in [5, 5.41) is 19.8. The van der Waals surface area contributed by atoms with Crippen molar-refractivity contribution in [2.24, 2.45) is 11.8 Å². The number of nitrogens with zero attached hydrogens (tertiary/aromatic N) is 2. The fourth-order valence-corrected chi connectivity index (χ4v) is 9.92. The third kappa shape index (κ3) is 12.8. The van der Waals surface area contributed by atoms with Crippen molar-refractivity contribution in [2.45, 2.75) is 79.1 Å². The summed E-state index contributed by atoms with van der Waals surface area (Å²) in [4.78, 5) is 54.6. The summed E-state index contributed by atoms with van der Waals surface area (Å²) in [5.41, 5.74) is 8.04. The van der Waals surface area contributed by atoms with E-state index in [0.29, 0.717) is 34.8 Å². The van der Waals surface area contributed by atoms with Gasteiger partial charge in [0, 0.05) is 51.7 Å². The summed E-state index contributed by atoms with van der Waals surface area (Å²) < 4.78 is 54.2. The minimum atomic E-state index is -3.38. The molecule has 0 radical (unpaired) electrons. The van der Waals surface area contributed by atoms with Gasteiger partial charge < -0.3 is 35.4 Å². The zero-order valence-electron chi connectivity index (χ0n) is 38.2. The Labute approximate surface area is 389 Å². The maximum Gasteiger partial charge on any atom is 0.257 e. The highest BCUT2D eigenvalue weighted by molar-refractivity contribution is 7.90. The number of amides is 4. The number of carbonyl (C=O) groups excluding carboxylic acids is 4. The van der Waals surface area contributed by atoms with Crippen LogP contribution >= 0.6 is 0 Å². The van der Waals surface area contributed by atoms with Crippen LogP contribution in [0.1, 0.15) is 105 Å². The molecule has 2 heterocycles. The van der Waals surface area contributed by atoms with Gasteiger partial charge in [-0.2, -0.15) is 0 Å². The Morgan fingerprint density at radius 1 is 0.636 bits per heavy atom. The normalized spacial score (nSPS) is 15.8. The zero-order chi connectivity index (χ0) is 48.0. The monoisotopic (exact) mass is 948 g/mol. The molecule has 0 bridgehead atoms. The van der Waals surface area contributed by atoms with Crippen molar-refractivity contribution in [1.82, 2.24) is 9.80 Å². The molecule has 17 heteroatoms. The van der Waals surface area contributed by atoms with Crippen LogP contribution < -0.4 is 15.4 Å². The van der Waals surface area contributed by atoms with Gasteiger partial charge in [0.2, 0.25) is 11.8 Å². The lowest BCUT2D eigenvalue weighted by molar-refractivity contribution is -0.118. The van der Waals surface area contributed by atoms with Crippen molar-refractivity contribution in [3.8, 4) is 5.75 Å². The van der Waals surface area contributed by atoms with Crippen molar-refractivity contribution >= 4 is 54.7 Å². The molecule has 2 fully saturated rings. The minimum Gasteiger partial charge on any atom is -0.496 e. The lowest BCUT2D eigenvalue weighted by Crippen LogP contribution is -2.34. The maximum atomic E-state index is 13.4. The topological polar surface area (TPSA) is 217 Å². The Kier molecular flexibility index (Phi) is 17.9. The van der Waals surface area contributed by atoms with Crippen LogP contribution in [0.4, 0.5) is 11.4 Å². The first-order chi connectivity index (χ1) is 30.8. The molecule has 2 saturated carbocycles. The molecule has 4 amide bonds. The van der Waals surface area contributed by atoms with E-state index in [4.69, 9.17) is 14.9 Å². The standard InChI is InChI=1S/C23H26N2O5S.C23H26N2O4S.2CH4O.CH4/c1-14-11-16(9-10-20(14)30-2)19(13-31(3,28)29)25-12-17-5-4-6-18(21(17)23(25)27)24-22(26)15-7-8-15;1-14-7-8-17(11-15(14)2)20(13-30(3,28)29)25-12-18-5-4-6-19(21(18)23(25)27)24-22(26)16-9-10-16;2*1-2;/h4-6,9-11,15,19H,7-8,12-13H2,1-3H3,(H,24,26);4-8,11,16,20H,9-10,12-13H2,1-3H3,(H,24,26);2*2H,1H3;1H4. The Morgan fingerprint density at radius 2 is 1.03 bits per heavy atom. The average molecular weight is 949 g/mol. The molecule has 0 saturated heterocycles.